The van der Waals surface area contributed by atoms with Crippen molar-refractivity contribution in [3.05, 3.63) is 35.1 Å². The standard InChI is InChI=1S/C25H33NO5/c1-16(2)6-4-7-22(27)31-24-21(28-3)14-25-9-5-10-26(25)11-8-17-12-19-20(30-15-29-19)13-18(17)23(24)25/h12-14,16,23-24H,4-11,15H2,1-3H3/t23-,24-,25+/m0/s1. The summed E-state index contributed by atoms with van der Waals surface area (Å²) in [5.74, 6) is 2.83. The highest BCUT2D eigenvalue weighted by atomic mass is 16.7. The molecule has 1 aromatic rings. The van der Waals surface area contributed by atoms with E-state index in [1.807, 2.05) is 0 Å². The van der Waals surface area contributed by atoms with Gasteiger partial charge in [0.15, 0.2) is 17.6 Å². The maximum atomic E-state index is 12.8. The monoisotopic (exact) mass is 427 g/mol. The van der Waals surface area contributed by atoms with Gasteiger partial charge in [-0.1, -0.05) is 20.3 Å². The topological polar surface area (TPSA) is 57.2 Å². The molecular formula is C25H33NO5. The fourth-order valence-corrected chi connectivity index (χ4v) is 5.95. The first kappa shape index (κ1) is 20.7. The molecule has 1 saturated heterocycles. The molecule has 5 rings (SSSR count). The zero-order valence-corrected chi connectivity index (χ0v) is 18.8. The van der Waals surface area contributed by atoms with Crippen molar-refractivity contribution in [3.63, 3.8) is 0 Å². The van der Waals surface area contributed by atoms with Gasteiger partial charge in [-0.2, -0.15) is 0 Å². The van der Waals surface area contributed by atoms with Gasteiger partial charge in [0.2, 0.25) is 6.79 Å². The van der Waals surface area contributed by atoms with Gasteiger partial charge < -0.3 is 18.9 Å². The van der Waals surface area contributed by atoms with Crippen molar-refractivity contribution in [2.45, 2.75) is 69.9 Å². The molecule has 168 valence electrons. The first-order valence-corrected chi connectivity index (χ1v) is 11.7. The lowest BCUT2D eigenvalue weighted by Gasteiger charge is -2.39. The number of carbonyl (C=O) groups is 1. The van der Waals surface area contributed by atoms with E-state index < -0.39 is 6.10 Å². The van der Waals surface area contributed by atoms with Crippen molar-refractivity contribution >= 4 is 5.97 Å². The molecule has 3 atom stereocenters. The lowest BCUT2D eigenvalue weighted by atomic mass is 9.77. The molecule has 31 heavy (non-hydrogen) atoms. The molecule has 0 saturated carbocycles. The average Bonchev–Trinajstić information content (AvgIpc) is 3.41. The zero-order valence-electron chi connectivity index (χ0n) is 18.8. The van der Waals surface area contributed by atoms with Gasteiger partial charge in [0, 0.05) is 13.0 Å². The number of nitrogens with zero attached hydrogens (tertiary/aromatic N) is 1. The maximum absolute atomic E-state index is 12.8. The van der Waals surface area contributed by atoms with Crippen molar-refractivity contribution in [2.24, 2.45) is 5.92 Å². The molecule has 0 radical (unpaired) electrons. The van der Waals surface area contributed by atoms with Gasteiger partial charge in [0.1, 0.15) is 5.76 Å². The number of rotatable bonds is 6. The minimum atomic E-state index is -0.408. The van der Waals surface area contributed by atoms with Crippen molar-refractivity contribution in [2.75, 3.05) is 27.0 Å². The summed E-state index contributed by atoms with van der Waals surface area (Å²) in [5, 5.41) is 0. The van der Waals surface area contributed by atoms with E-state index in [0.29, 0.717) is 12.3 Å². The fraction of sp³-hybridized carbons (Fsp3) is 0.640. The first-order valence-electron chi connectivity index (χ1n) is 11.7. The van der Waals surface area contributed by atoms with Crippen LogP contribution in [0.15, 0.2) is 24.0 Å². The Kier molecular flexibility index (Phi) is 5.37. The third kappa shape index (κ3) is 3.49. The van der Waals surface area contributed by atoms with E-state index in [1.54, 1.807) is 7.11 Å². The summed E-state index contributed by atoms with van der Waals surface area (Å²) in [5.41, 5.74) is 2.29. The van der Waals surface area contributed by atoms with Crippen LogP contribution in [0.25, 0.3) is 0 Å². The minimum Gasteiger partial charge on any atom is -0.497 e. The molecule has 0 N–H and O–H groups in total. The Hall–Kier alpha value is -2.21. The molecule has 0 amide bonds. The predicted molar refractivity (Wildman–Crippen MR) is 116 cm³/mol. The van der Waals surface area contributed by atoms with Crippen LogP contribution in [0.3, 0.4) is 0 Å². The third-order valence-corrected chi connectivity index (χ3v) is 7.39. The van der Waals surface area contributed by atoms with Crippen LogP contribution >= 0.6 is 0 Å². The second kappa shape index (κ2) is 8.05. The molecule has 0 bridgehead atoms. The highest BCUT2D eigenvalue weighted by Gasteiger charge is 2.58. The Bertz CT molecular complexity index is 894. The summed E-state index contributed by atoms with van der Waals surface area (Å²) in [6.07, 6.45) is 7.30. The molecule has 6 heteroatoms. The average molecular weight is 428 g/mol. The van der Waals surface area contributed by atoms with Gasteiger partial charge in [0.25, 0.3) is 0 Å². The van der Waals surface area contributed by atoms with E-state index in [0.717, 1.165) is 62.5 Å². The van der Waals surface area contributed by atoms with Crippen LogP contribution in [0.4, 0.5) is 0 Å². The third-order valence-electron chi connectivity index (χ3n) is 7.39. The number of carbonyl (C=O) groups excluding carboxylic acids is 1. The van der Waals surface area contributed by atoms with E-state index in [9.17, 15) is 4.79 Å². The lowest BCUT2D eigenvalue weighted by molar-refractivity contribution is -0.150. The van der Waals surface area contributed by atoms with Crippen molar-refractivity contribution in [1.82, 2.24) is 4.90 Å². The van der Waals surface area contributed by atoms with Crippen LogP contribution in [-0.4, -0.2) is 49.5 Å². The molecule has 6 nitrogen and oxygen atoms in total. The molecule has 0 unspecified atom stereocenters. The Labute approximate surface area is 184 Å². The lowest BCUT2D eigenvalue weighted by Crippen LogP contribution is -2.47. The van der Waals surface area contributed by atoms with Gasteiger partial charge >= 0.3 is 5.97 Å². The van der Waals surface area contributed by atoms with Gasteiger partial charge in [-0.25, -0.2) is 0 Å². The van der Waals surface area contributed by atoms with Crippen LogP contribution in [-0.2, 0) is 20.7 Å². The first-order chi connectivity index (χ1) is 15.0. The molecule has 1 spiro atoms. The minimum absolute atomic E-state index is 0.00555. The smallest absolute Gasteiger partial charge is 0.306 e. The van der Waals surface area contributed by atoms with Crippen molar-refractivity contribution in [1.29, 1.82) is 0 Å². The SMILES string of the molecule is COC1=C[C@@]23CCCN2CCc2cc4c(cc2[C@H]3[C@H]1OC(=O)CCCC(C)C)OCO4. The van der Waals surface area contributed by atoms with Crippen LogP contribution in [0, 0.1) is 5.92 Å². The van der Waals surface area contributed by atoms with Crippen LogP contribution in [0.2, 0.25) is 0 Å². The number of esters is 1. The zero-order chi connectivity index (χ0) is 21.6. The van der Waals surface area contributed by atoms with Crippen molar-refractivity contribution < 1.29 is 23.7 Å². The Morgan fingerprint density at radius 2 is 2.06 bits per heavy atom. The quantitative estimate of drug-likeness (QED) is 0.635. The molecule has 0 aromatic heterocycles. The normalized spacial score (nSPS) is 28.6. The van der Waals surface area contributed by atoms with Gasteiger partial charge in [-0.3, -0.25) is 9.69 Å². The van der Waals surface area contributed by atoms with Crippen LogP contribution in [0.1, 0.15) is 63.0 Å². The predicted octanol–water partition coefficient (Wildman–Crippen LogP) is 4.17. The molecule has 1 aromatic carbocycles. The van der Waals surface area contributed by atoms with Gasteiger partial charge in [-0.05, 0) is 67.5 Å². The van der Waals surface area contributed by atoms with Gasteiger partial charge in [0.05, 0.1) is 18.6 Å². The molecular weight excluding hydrogens is 394 g/mol. The Morgan fingerprint density at radius 1 is 1.26 bits per heavy atom. The van der Waals surface area contributed by atoms with E-state index in [-0.39, 0.29) is 24.2 Å². The van der Waals surface area contributed by atoms with Gasteiger partial charge in [-0.15, -0.1) is 0 Å². The van der Waals surface area contributed by atoms with Crippen molar-refractivity contribution in [3.8, 4) is 11.5 Å². The summed E-state index contributed by atoms with van der Waals surface area (Å²) < 4.78 is 23.3. The summed E-state index contributed by atoms with van der Waals surface area (Å²) in [6.45, 7) is 6.65. The summed E-state index contributed by atoms with van der Waals surface area (Å²) in [6, 6.07) is 4.25. The van der Waals surface area contributed by atoms with E-state index in [1.165, 1.54) is 11.1 Å². The number of methoxy groups -OCH3 is 1. The Balaban J connectivity index is 1.51. The largest absolute Gasteiger partial charge is 0.497 e. The fourth-order valence-electron chi connectivity index (χ4n) is 5.95. The van der Waals surface area contributed by atoms with Crippen LogP contribution in [0.5, 0.6) is 11.5 Å². The summed E-state index contributed by atoms with van der Waals surface area (Å²) in [7, 11) is 1.69. The highest BCUT2D eigenvalue weighted by Crippen LogP contribution is 2.55. The Morgan fingerprint density at radius 3 is 2.84 bits per heavy atom. The maximum Gasteiger partial charge on any atom is 0.306 e. The number of hydrogen-bond donors (Lipinski definition) is 0. The van der Waals surface area contributed by atoms with Crippen LogP contribution < -0.4 is 9.47 Å². The highest BCUT2D eigenvalue weighted by molar-refractivity contribution is 5.70. The second-order valence-corrected chi connectivity index (χ2v) is 9.66. The number of fused-ring (bicyclic) bond motifs is 3. The van der Waals surface area contributed by atoms with E-state index >= 15 is 0 Å². The summed E-state index contributed by atoms with van der Waals surface area (Å²) in [4.78, 5) is 15.4. The molecule has 1 fully saturated rings. The number of ether oxygens (including phenoxy) is 4. The number of hydrogen-bond acceptors (Lipinski definition) is 6. The van der Waals surface area contributed by atoms with E-state index in [2.05, 4.69) is 37.0 Å². The molecule has 4 aliphatic rings. The molecule has 3 heterocycles. The summed E-state index contributed by atoms with van der Waals surface area (Å²) >= 11 is 0. The molecule has 3 aliphatic heterocycles. The van der Waals surface area contributed by atoms with E-state index in [4.69, 9.17) is 18.9 Å². The second-order valence-electron chi connectivity index (χ2n) is 9.66. The molecule has 1 aliphatic carbocycles. The number of benzene rings is 1.